The highest BCUT2D eigenvalue weighted by Crippen LogP contribution is 2.39. The Hall–Kier alpha value is -7.70. The molecular formula is C76H138N12O22. The van der Waals surface area contributed by atoms with E-state index in [1.165, 1.54) is 58.6 Å². The molecule has 0 radical (unpaired) electrons. The molecule has 0 spiro atoms. The smallest absolute Gasteiger partial charge is 0.373 e. The van der Waals surface area contributed by atoms with Gasteiger partial charge in [0.05, 0.1) is 44.7 Å². The maximum atomic E-state index is 12.3. The van der Waals surface area contributed by atoms with Crippen LogP contribution >= 0.6 is 0 Å². The Bertz CT molecular complexity index is 3120. The maximum Gasteiger partial charge on any atom is 0.373 e. The normalized spacial score (nSPS) is 23.7. The van der Waals surface area contributed by atoms with E-state index in [1.807, 2.05) is 62.3 Å². The molecule has 0 aromatic carbocycles. The number of nitrogens with zero attached hydrogens (tertiary/aromatic N) is 8. The minimum atomic E-state index is -1.29. The summed E-state index contributed by atoms with van der Waals surface area (Å²) in [5.74, 6) is 1.71. The van der Waals surface area contributed by atoms with Gasteiger partial charge in [-0.25, -0.2) is 19.2 Å². The van der Waals surface area contributed by atoms with Crippen molar-refractivity contribution in [2.24, 2.45) is 53.3 Å². The van der Waals surface area contributed by atoms with Gasteiger partial charge in [0.2, 0.25) is 23.6 Å². The van der Waals surface area contributed by atoms with Crippen LogP contribution in [0.5, 0.6) is 0 Å². The molecule has 34 heteroatoms. The fourth-order valence-electron chi connectivity index (χ4n) is 10.9. The van der Waals surface area contributed by atoms with Gasteiger partial charge in [-0.15, -0.1) is 0 Å². The van der Waals surface area contributed by atoms with Crippen molar-refractivity contribution < 1.29 is 87.1 Å². The van der Waals surface area contributed by atoms with E-state index < -0.39 is 78.1 Å². The lowest BCUT2D eigenvalue weighted by molar-refractivity contribution is -0.191. The van der Waals surface area contributed by atoms with E-state index in [2.05, 4.69) is 75.8 Å². The van der Waals surface area contributed by atoms with Crippen molar-refractivity contribution in [3.05, 3.63) is 91.0 Å². The summed E-state index contributed by atoms with van der Waals surface area (Å²) in [6, 6.07) is 6.13. The second-order valence-electron chi connectivity index (χ2n) is 27.9. The third-order valence-electron chi connectivity index (χ3n) is 16.1. The number of hydrogen-bond acceptors (Lipinski definition) is 26. The molecule has 8 rings (SSSR count). The molecule has 4 saturated heterocycles. The highest BCUT2D eigenvalue weighted by Gasteiger charge is 2.46. The van der Waals surface area contributed by atoms with Gasteiger partial charge in [0, 0.05) is 96.7 Å². The number of hydrogen-bond donors (Lipinski definition) is 8. The second kappa shape index (κ2) is 54.9. The molecule has 0 bridgehead atoms. The van der Waals surface area contributed by atoms with E-state index in [9.17, 15) is 58.8 Å². The van der Waals surface area contributed by atoms with E-state index >= 15 is 0 Å². The van der Waals surface area contributed by atoms with Crippen molar-refractivity contribution in [2.75, 3.05) is 76.1 Å². The van der Waals surface area contributed by atoms with Crippen LogP contribution in [0.4, 0.5) is 23.3 Å². The average molecular weight is 1570 g/mol. The second-order valence-corrected chi connectivity index (χ2v) is 27.9. The largest absolute Gasteiger partial charge is 0.390 e. The number of carbonyl (C=O) groups excluding carboxylic acids is 6. The summed E-state index contributed by atoms with van der Waals surface area (Å²) in [5.41, 5.74) is -2.27. The minimum absolute atomic E-state index is 0. The molecule has 634 valence electrons. The number of amides is 4. The van der Waals surface area contributed by atoms with Gasteiger partial charge >= 0.3 is 28.9 Å². The van der Waals surface area contributed by atoms with Crippen LogP contribution < -0.4 is 44.0 Å². The number of anilines is 4. The summed E-state index contributed by atoms with van der Waals surface area (Å²) in [4.78, 5) is 128. The standard InChI is InChI=1S/C17H27N3O4.2C16H25N3O5.C15H23N3O6.C4H10.CO2.7CH4/c1-10(2)8-15(21)18-14-6-7-20(17(22)19-14)16-12(4)11(3)13(24-16)9-23-5;1-9(2)7-13(20)17-12-5-6-19(16(22)18-12)15-10(3)14(21)11(24-15)8-23-4;1-9(2)7-13(20)17-12-5-6-19(16(22)18-12)15-14(21)10(3)11(24-15)8-23-4;1-8(2)6-11(19)16-10-4-5-18(15(22)17-10)14-13(21)12(20)9(24-14)7-23-3;1-4(2)3;2-1-3;;;;;;;/h6-7,10-13,16H,8-9H2,1-5H3,(H,18,19,21,22);2*5-6,9-11,14-15,21H,7-8H2,1-4H3,(H,17,18,20,22);4-5,8-9,12-14,20-21H,6-7H2,1-3H3,(H,16,17,19,22);4H,1-3H3;;7*1H4/t11?,12-,13-,16-;10-,11-,14?,15-;10?,11-,14-,15-;9-,12?,13-,14-;;;;;;;;;/m1111........./s1. The lowest BCUT2D eigenvalue weighted by atomic mass is 9.93. The molecule has 4 unspecified atom stereocenters. The van der Waals surface area contributed by atoms with Crippen molar-refractivity contribution in [3.8, 4) is 0 Å². The third-order valence-corrected chi connectivity index (χ3v) is 16.1. The first-order valence-electron chi connectivity index (χ1n) is 34.3. The summed E-state index contributed by atoms with van der Waals surface area (Å²) in [7, 11) is 6.16. The predicted octanol–water partition coefficient (Wildman–Crippen LogP) is 8.61. The third kappa shape index (κ3) is 34.9. The zero-order valence-electron chi connectivity index (χ0n) is 62.6. The SMILES string of the molecule is C.C.C.C.C.C.C.CC(C)C.COC[C@H]1O[C@@H](n2ccc(NC(=O)CC(C)C)nc2=O)[C@H](C)C1C.COC[C@H]1O[C@@H](n2ccc(NC(=O)CC(C)C)nc2=O)[C@H](C)C1O.COC[C@H]1O[C@@H](n2ccc(NC(=O)CC(C)C)nc2=O)[C@H](O)C1C.COC[C@H]1O[C@@H](n2ccc(NC(=O)CC(C)C)nc2=O)[C@H](O)C1O.O=C=O. The van der Waals surface area contributed by atoms with Crippen LogP contribution in [0.15, 0.2) is 68.2 Å². The topological polar surface area (TPSA) is 445 Å². The number of aromatic nitrogens is 8. The molecular weight excluding hydrogens is 1430 g/mol. The Kier molecular flexibility index (Phi) is 55.3. The first-order chi connectivity index (χ1) is 48.5. The lowest BCUT2D eigenvalue weighted by Crippen LogP contribution is -2.36. The number of carbonyl (C=O) groups is 4. The first kappa shape index (κ1) is 111. The Balaban J connectivity index is -0.000000423. The molecule has 4 aliphatic rings. The van der Waals surface area contributed by atoms with Gasteiger partial charge in [-0.3, -0.25) is 37.4 Å². The van der Waals surface area contributed by atoms with Gasteiger partial charge < -0.3 is 79.6 Å². The Morgan fingerprint density at radius 2 is 0.609 bits per heavy atom. The molecule has 4 amide bonds. The molecule has 4 aromatic rings. The molecule has 0 aliphatic carbocycles. The molecule has 110 heavy (non-hydrogen) atoms. The molecule has 8 heterocycles. The molecule has 4 aliphatic heterocycles. The Morgan fingerprint density at radius 3 is 0.891 bits per heavy atom. The van der Waals surface area contributed by atoms with Crippen LogP contribution in [0.3, 0.4) is 0 Å². The summed E-state index contributed by atoms with van der Waals surface area (Å²) in [5, 5.41) is 50.9. The van der Waals surface area contributed by atoms with Crippen LogP contribution in [-0.2, 0) is 66.7 Å². The van der Waals surface area contributed by atoms with Crippen LogP contribution in [-0.4, -0.2) is 192 Å². The summed E-state index contributed by atoms with van der Waals surface area (Å²) < 4.78 is 48.2. The Labute approximate surface area is 651 Å². The first-order valence-corrected chi connectivity index (χ1v) is 34.3. The van der Waals surface area contributed by atoms with Crippen molar-refractivity contribution in [1.29, 1.82) is 0 Å². The molecule has 4 aromatic heterocycles. The van der Waals surface area contributed by atoms with E-state index in [-0.39, 0.29) is 184 Å². The van der Waals surface area contributed by atoms with Crippen molar-refractivity contribution in [3.63, 3.8) is 0 Å². The fraction of sp³-hybridized carbons (Fsp3) is 0.724. The number of methoxy groups -OCH3 is 4. The van der Waals surface area contributed by atoms with Gasteiger partial charge in [-0.2, -0.15) is 29.5 Å². The van der Waals surface area contributed by atoms with Crippen LogP contribution in [0, 0.1) is 53.3 Å². The van der Waals surface area contributed by atoms with E-state index in [0.29, 0.717) is 38.9 Å². The zero-order chi connectivity index (χ0) is 77.7. The predicted molar refractivity (Wildman–Crippen MR) is 423 cm³/mol. The molecule has 0 saturated carbocycles. The van der Waals surface area contributed by atoms with Crippen molar-refractivity contribution in [1.82, 2.24) is 38.2 Å². The molecule has 16 atom stereocenters. The van der Waals surface area contributed by atoms with Crippen molar-refractivity contribution >= 4 is 53.1 Å². The van der Waals surface area contributed by atoms with Crippen LogP contribution in [0.1, 0.15) is 206 Å². The summed E-state index contributed by atoms with van der Waals surface area (Å²) >= 11 is 0. The lowest BCUT2D eigenvalue weighted by Gasteiger charge is -2.18. The van der Waals surface area contributed by atoms with Gasteiger partial charge in [0.1, 0.15) is 66.2 Å². The minimum Gasteiger partial charge on any atom is -0.390 e. The van der Waals surface area contributed by atoms with Gasteiger partial charge in [-0.05, 0) is 59.8 Å². The molecule has 4 fully saturated rings. The van der Waals surface area contributed by atoms with Gasteiger partial charge in [0.15, 0.2) is 12.5 Å². The number of aliphatic hydroxyl groups is 4. The number of ether oxygens (including phenoxy) is 8. The Morgan fingerprint density at radius 1 is 0.382 bits per heavy atom. The zero-order valence-corrected chi connectivity index (χ0v) is 62.6. The van der Waals surface area contributed by atoms with Crippen LogP contribution in [0.2, 0.25) is 0 Å². The number of aliphatic hydroxyl groups excluding tert-OH is 4. The van der Waals surface area contributed by atoms with E-state index in [4.69, 9.17) is 47.5 Å². The van der Waals surface area contributed by atoms with Gasteiger partial charge in [0.25, 0.3) is 0 Å². The van der Waals surface area contributed by atoms with E-state index in [1.54, 1.807) is 39.5 Å². The highest BCUT2D eigenvalue weighted by molar-refractivity contribution is 5.91. The quantitative estimate of drug-likeness (QED) is 0.0325. The molecule has 8 N–H and O–H groups in total. The highest BCUT2D eigenvalue weighted by atomic mass is 16.6. The monoisotopic (exact) mass is 1570 g/mol. The number of rotatable bonds is 24. The fourth-order valence-corrected chi connectivity index (χ4v) is 10.9. The van der Waals surface area contributed by atoms with Crippen molar-refractivity contribution in [2.45, 2.75) is 255 Å². The molecule has 34 nitrogen and oxygen atoms in total. The summed E-state index contributed by atoms with van der Waals surface area (Å²) in [6.45, 7) is 30.9. The summed E-state index contributed by atoms with van der Waals surface area (Å²) in [6.07, 6.45) is -0.856. The van der Waals surface area contributed by atoms with Crippen LogP contribution in [0.25, 0.3) is 0 Å². The average Bonchev–Trinajstić information content (AvgIpc) is 1.66. The van der Waals surface area contributed by atoms with E-state index in [0.717, 1.165) is 10.5 Å². The maximum absolute atomic E-state index is 12.3. The van der Waals surface area contributed by atoms with Gasteiger partial charge in [-0.1, -0.05) is 156 Å². The number of nitrogens with one attached hydrogen (secondary N) is 4.